The molecule has 0 aliphatic rings. The molecule has 118 valence electrons. The molecule has 2 aromatic carbocycles. The van der Waals surface area contributed by atoms with Crippen LogP contribution in [0.1, 0.15) is 5.56 Å². The van der Waals surface area contributed by atoms with Gasteiger partial charge in [0, 0.05) is 22.9 Å². The van der Waals surface area contributed by atoms with Crippen LogP contribution >= 0.6 is 21.6 Å². The first-order valence-electron chi connectivity index (χ1n) is 6.69. The Kier molecular flexibility index (Phi) is 6.19. The van der Waals surface area contributed by atoms with E-state index >= 15 is 0 Å². The number of benzene rings is 2. The summed E-state index contributed by atoms with van der Waals surface area (Å²) in [4.78, 5) is 1.29. The average molecular weight is 355 g/mol. The minimum atomic E-state index is -3.43. The Morgan fingerprint density at radius 1 is 1.09 bits per heavy atom. The van der Waals surface area contributed by atoms with Crippen LogP contribution in [0, 0.1) is 6.92 Å². The van der Waals surface area contributed by atoms with Crippen LogP contribution in [0.4, 0.5) is 5.69 Å². The molecule has 0 unspecified atom stereocenters. The van der Waals surface area contributed by atoms with Crippen molar-refractivity contribution in [1.29, 1.82) is 0 Å². The monoisotopic (exact) mass is 354 g/mol. The maximum Gasteiger partial charge on any atom is 0.240 e. The van der Waals surface area contributed by atoms with Gasteiger partial charge in [-0.25, -0.2) is 13.1 Å². The third kappa shape index (κ3) is 4.95. The third-order valence-corrected chi connectivity index (χ3v) is 6.79. The second-order valence-corrected chi connectivity index (χ2v) is 8.88. The summed E-state index contributed by atoms with van der Waals surface area (Å²) >= 11 is 0. The Balaban J connectivity index is 1.79. The SMILES string of the molecule is Cc1ccc(S(=O)(=O)NCCSSc2ccccc2N)cc1. The van der Waals surface area contributed by atoms with Crippen molar-refractivity contribution in [3.63, 3.8) is 0 Å². The lowest BCUT2D eigenvalue weighted by Crippen LogP contribution is -2.25. The maximum absolute atomic E-state index is 12.1. The molecule has 0 bridgehead atoms. The van der Waals surface area contributed by atoms with Crippen LogP contribution in [0.15, 0.2) is 58.3 Å². The summed E-state index contributed by atoms with van der Waals surface area (Å²) in [5.41, 5.74) is 7.62. The van der Waals surface area contributed by atoms with E-state index in [0.29, 0.717) is 17.2 Å². The largest absolute Gasteiger partial charge is 0.398 e. The lowest BCUT2D eigenvalue weighted by atomic mass is 10.2. The van der Waals surface area contributed by atoms with Crippen molar-refractivity contribution in [2.24, 2.45) is 0 Å². The minimum absolute atomic E-state index is 0.294. The van der Waals surface area contributed by atoms with E-state index in [1.54, 1.807) is 45.9 Å². The number of anilines is 1. The zero-order valence-electron chi connectivity index (χ0n) is 12.2. The predicted molar refractivity (Wildman–Crippen MR) is 95.5 cm³/mol. The first-order chi connectivity index (χ1) is 10.5. The number of rotatable bonds is 7. The molecule has 0 saturated carbocycles. The Morgan fingerprint density at radius 2 is 1.77 bits per heavy atom. The summed E-state index contributed by atoms with van der Waals surface area (Å²) in [6, 6.07) is 14.4. The third-order valence-electron chi connectivity index (χ3n) is 2.88. The maximum atomic E-state index is 12.1. The van der Waals surface area contributed by atoms with E-state index in [1.807, 2.05) is 31.2 Å². The summed E-state index contributed by atoms with van der Waals surface area (Å²) < 4.78 is 26.8. The van der Waals surface area contributed by atoms with Gasteiger partial charge in [0.25, 0.3) is 0 Å². The molecule has 3 N–H and O–H groups in total. The van der Waals surface area contributed by atoms with E-state index < -0.39 is 10.0 Å². The fourth-order valence-electron chi connectivity index (χ4n) is 1.68. The van der Waals surface area contributed by atoms with Crippen molar-refractivity contribution >= 4 is 37.3 Å². The van der Waals surface area contributed by atoms with Crippen LogP contribution in [0.25, 0.3) is 0 Å². The van der Waals surface area contributed by atoms with Gasteiger partial charge in [-0.2, -0.15) is 0 Å². The Bertz CT molecular complexity index is 716. The van der Waals surface area contributed by atoms with E-state index in [2.05, 4.69) is 4.72 Å². The number of nitrogens with one attached hydrogen (secondary N) is 1. The fraction of sp³-hybridized carbons (Fsp3) is 0.200. The first kappa shape index (κ1) is 17.2. The van der Waals surface area contributed by atoms with Gasteiger partial charge in [0.15, 0.2) is 0 Å². The van der Waals surface area contributed by atoms with Crippen molar-refractivity contribution in [1.82, 2.24) is 4.72 Å². The molecule has 22 heavy (non-hydrogen) atoms. The normalized spacial score (nSPS) is 11.5. The van der Waals surface area contributed by atoms with Gasteiger partial charge in [-0.3, -0.25) is 0 Å². The summed E-state index contributed by atoms with van der Waals surface area (Å²) in [6.45, 7) is 2.30. The smallest absolute Gasteiger partial charge is 0.240 e. The molecule has 0 aliphatic carbocycles. The van der Waals surface area contributed by atoms with Gasteiger partial charge in [0.05, 0.1) is 4.90 Å². The Morgan fingerprint density at radius 3 is 2.45 bits per heavy atom. The van der Waals surface area contributed by atoms with Gasteiger partial charge in [-0.05, 0) is 31.2 Å². The summed E-state index contributed by atoms with van der Waals surface area (Å²) in [5.74, 6) is 0.657. The van der Waals surface area contributed by atoms with Crippen molar-refractivity contribution in [3.05, 3.63) is 54.1 Å². The lowest BCUT2D eigenvalue weighted by Gasteiger charge is -2.07. The number of nitrogen functional groups attached to an aromatic ring is 1. The molecule has 0 spiro atoms. The van der Waals surface area contributed by atoms with Gasteiger partial charge in [-0.15, -0.1) is 0 Å². The van der Waals surface area contributed by atoms with Crippen molar-refractivity contribution in [2.45, 2.75) is 16.7 Å². The molecule has 0 aliphatic heterocycles. The number of sulfonamides is 1. The average Bonchev–Trinajstić information content (AvgIpc) is 2.49. The molecule has 2 rings (SSSR count). The second-order valence-electron chi connectivity index (χ2n) is 4.65. The number of hydrogen-bond acceptors (Lipinski definition) is 5. The Labute approximate surface area is 139 Å². The van der Waals surface area contributed by atoms with Crippen LogP contribution < -0.4 is 10.5 Å². The summed E-state index contributed by atoms with van der Waals surface area (Å²) in [5, 5.41) is 0. The van der Waals surface area contributed by atoms with Crippen molar-refractivity contribution in [3.8, 4) is 0 Å². The Hall–Kier alpha value is -1.15. The van der Waals surface area contributed by atoms with Crippen LogP contribution in [0.5, 0.6) is 0 Å². The zero-order valence-corrected chi connectivity index (χ0v) is 14.6. The molecule has 0 radical (unpaired) electrons. The molecule has 0 saturated heterocycles. The summed E-state index contributed by atoms with van der Waals surface area (Å²) in [7, 11) is -0.307. The lowest BCUT2D eigenvalue weighted by molar-refractivity contribution is 0.584. The van der Waals surface area contributed by atoms with E-state index in [1.165, 1.54) is 0 Å². The number of hydrogen-bond donors (Lipinski definition) is 2. The first-order valence-corrected chi connectivity index (χ1v) is 10.5. The van der Waals surface area contributed by atoms with Crippen molar-refractivity contribution in [2.75, 3.05) is 18.0 Å². The van der Waals surface area contributed by atoms with E-state index in [4.69, 9.17) is 5.73 Å². The molecule has 0 amide bonds. The molecule has 0 atom stereocenters. The van der Waals surface area contributed by atoms with E-state index in [-0.39, 0.29) is 0 Å². The van der Waals surface area contributed by atoms with Crippen LogP contribution in [0.3, 0.4) is 0 Å². The number of aryl methyl sites for hydroxylation is 1. The molecular weight excluding hydrogens is 336 g/mol. The van der Waals surface area contributed by atoms with Gasteiger partial charge in [0.2, 0.25) is 10.0 Å². The van der Waals surface area contributed by atoms with Crippen LogP contribution in [-0.2, 0) is 10.0 Å². The second kappa shape index (κ2) is 7.92. The minimum Gasteiger partial charge on any atom is -0.398 e. The highest BCUT2D eigenvalue weighted by atomic mass is 33.1. The van der Waals surface area contributed by atoms with Crippen LogP contribution in [0.2, 0.25) is 0 Å². The predicted octanol–water partition coefficient (Wildman–Crippen LogP) is 3.30. The van der Waals surface area contributed by atoms with Crippen molar-refractivity contribution < 1.29 is 8.42 Å². The van der Waals surface area contributed by atoms with Gasteiger partial charge >= 0.3 is 0 Å². The molecule has 7 heteroatoms. The van der Waals surface area contributed by atoms with E-state index in [0.717, 1.165) is 16.1 Å². The molecule has 2 aromatic rings. The van der Waals surface area contributed by atoms with Gasteiger partial charge in [-0.1, -0.05) is 51.4 Å². The highest BCUT2D eigenvalue weighted by Crippen LogP contribution is 2.34. The van der Waals surface area contributed by atoms with Gasteiger partial charge in [0.1, 0.15) is 0 Å². The highest BCUT2D eigenvalue weighted by Gasteiger charge is 2.12. The number of para-hydroxylation sites is 1. The fourth-order valence-corrected chi connectivity index (χ4v) is 4.87. The van der Waals surface area contributed by atoms with Crippen LogP contribution in [-0.4, -0.2) is 20.7 Å². The highest BCUT2D eigenvalue weighted by molar-refractivity contribution is 8.76. The topological polar surface area (TPSA) is 72.2 Å². The number of nitrogens with two attached hydrogens (primary N) is 1. The molecule has 4 nitrogen and oxygen atoms in total. The molecular formula is C15H18N2O2S3. The van der Waals surface area contributed by atoms with Gasteiger partial charge < -0.3 is 5.73 Å². The molecule has 0 fully saturated rings. The van der Waals surface area contributed by atoms with E-state index in [9.17, 15) is 8.42 Å². The quantitative estimate of drug-likeness (QED) is 0.453. The summed E-state index contributed by atoms with van der Waals surface area (Å²) in [6.07, 6.45) is 0. The molecule has 0 aromatic heterocycles. The molecule has 0 heterocycles. The zero-order chi connectivity index (χ0) is 16.0. The standard InChI is InChI=1S/C15H18N2O2S3/c1-12-6-8-13(9-7-12)22(18,19)17-10-11-20-21-15-5-3-2-4-14(15)16/h2-9,17H,10-11,16H2,1H3.